The van der Waals surface area contributed by atoms with Gasteiger partial charge >= 0.3 is 5.97 Å². The van der Waals surface area contributed by atoms with E-state index in [9.17, 15) is 19.8 Å². The molecule has 65 heavy (non-hydrogen) atoms. The monoisotopic (exact) mass is 916 g/mol. The van der Waals surface area contributed by atoms with Crippen molar-refractivity contribution >= 4 is 11.9 Å². The first kappa shape index (κ1) is 63.3. The van der Waals surface area contributed by atoms with Gasteiger partial charge in [-0.05, 0) is 77.0 Å². The van der Waals surface area contributed by atoms with E-state index in [4.69, 9.17) is 4.74 Å². The quantitative estimate of drug-likeness (QED) is 0.0321. The molecule has 0 saturated carbocycles. The summed E-state index contributed by atoms with van der Waals surface area (Å²) in [5, 5.41) is 23.9. The van der Waals surface area contributed by atoms with Crippen LogP contribution in [0, 0.1) is 0 Å². The number of unbranched alkanes of at least 4 members (excludes halogenated alkanes) is 37. The molecule has 1 amide bonds. The van der Waals surface area contributed by atoms with E-state index in [1.165, 1.54) is 212 Å². The number of ether oxygens (including phenoxy) is 1. The van der Waals surface area contributed by atoms with E-state index in [0.717, 1.165) is 57.8 Å². The van der Waals surface area contributed by atoms with Gasteiger partial charge in [-0.1, -0.05) is 251 Å². The fourth-order valence-electron chi connectivity index (χ4n) is 9.07. The van der Waals surface area contributed by atoms with Crippen LogP contribution >= 0.6 is 0 Å². The number of carbonyl (C=O) groups is 2. The number of nitrogens with one attached hydrogen (secondary N) is 1. The minimum atomic E-state index is -0.788. The number of allylic oxidation sites excluding steroid dienone is 4. The Hall–Kier alpha value is -1.66. The Morgan fingerprint density at radius 3 is 1.12 bits per heavy atom. The van der Waals surface area contributed by atoms with Gasteiger partial charge < -0.3 is 20.3 Å². The van der Waals surface area contributed by atoms with Gasteiger partial charge in [0.25, 0.3) is 0 Å². The summed E-state index contributed by atoms with van der Waals surface area (Å²) in [6.45, 7) is 6.49. The minimum absolute atomic E-state index is 0.0758. The maximum atomic E-state index is 13.3. The molecule has 0 aliphatic carbocycles. The van der Waals surface area contributed by atoms with E-state index in [0.29, 0.717) is 19.3 Å². The van der Waals surface area contributed by atoms with Crippen molar-refractivity contribution in [1.29, 1.82) is 0 Å². The molecule has 0 aliphatic heterocycles. The van der Waals surface area contributed by atoms with Gasteiger partial charge in [0, 0.05) is 6.42 Å². The smallest absolute Gasteiger partial charge is 0.306 e. The second kappa shape index (κ2) is 53.3. The van der Waals surface area contributed by atoms with Crippen LogP contribution in [-0.2, 0) is 14.3 Å². The number of hydrogen-bond acceptors (Lipinski definition) is 5. The van der Waals surface area contributed by atoms with Gasteiger partial charge in [0.05, 0.1) is 25.2 Å². The molecule has 0 bridgehead atoms. The summed E-state index contributed by atoms with van der Waals surface area (Å²) in [5.74, 6) is -0.472. The molecule has 384 valence electrons. The van der Waals surface area contributed by atoms with Crippen molar-refractivity contribution in [3.8, 4) is 0 Å². The topological polar surface area (TPSA) is 95.9 Å². The maximum absolute atomic E-state index is 13.3. The molecule has 0 heterocycles. The first-order valence-corrected chi connectivity index (χ1v) is 29.1. The number of aliphatic hydroxyl groups excluding tert-OH is 2. The highest BCUT2D eigenvalue weighted by Gasteiger charge is 2.24. The highest BCUT2D eigenvalue weighted by molar-refractivity contribution is 5.77. The number of carbonyl (C=O) groups excluding carboxylic acids is 2. The third-order valence-corrected chi connectivity index (χ3v) is 13.5. The second-order valence-electron chi connectivity index (χ2n) is 20.0. The standard InChI is InChI=1S/C59H113NO5/c1-4-7-10-13-16-19-22-25-27-29-31-33-35-38-41-44-47-50-55(65-59(64)52-49-46-43-40-37-24-21-18-15-12-9-6-3)53-58(63)60-56(54-61)57(62)51-48-45-42-39-36-34-32-30-28-26-23-20-17-14-11-8-5-2/h18,21,25,27,55-57,61-62H,4-17,19-20,22-24,26,28-54H2,1-3H3,(H,60,63)/b21-18-,27-25+. The third-order valence-electron chi connectivity index (χ3n) is 13.5. The number of rotatable bonds is 53. The maximum Gasteiger partial charge on any atom is 0.306 e. The lowest BCUT2D eigenvalue weighted by Gasteiger charge is -2.24. The predicted molar refractivity (Wildman–Crippen MR) is 283 cm³/mol. The van der Waals surface area contributed by atoms with Crippen LogP contribution in [0.2, 0.25) is 0 Å². The van der Waals surface area contributed by atoms with Crippen LogP contribution in [-0.4, -0.2) is 46.9 Å². The zero-order valence-corrected chi connectivity index (χ0v) is 43.9. The van der Waals surface area contributed by atoms with Crippen molar-refractivity contribution in [2.45, 2.75) is 334 Å². The SMILES string of the molecule is CCCCC/C=C\CCCCCCCC(=O)OC(CCCCCCCCC/C=C/CCCCCCCC)CC(=O)NC(CO)C(O)CCCCCCCCCCCCCCCCCCC. The van der Waals surface area contributed by atoms with E-state index in [2.05, 4.69) is 50.4 Å². The summed E-state index contributed by atoms with van der Waals surface area (Å²) >= 11 is 0. The molecular formula is C59H113NO5. The van der Waals surface area contributed by atoms with Gasteiger partial charge in [0.15, 0.2) is 0 Å². The molecule has 0 aromatic rings. The minimum Gasteiger partial charge on any atom is -0.462 e. The first-order valence-electron chi connectivity index (χ1n) is 29.1. The van der Waals surface area contributed by atoms with Crippen LogP contribution in [0.4, 0.5) is 0 Å². The second-order valence-corrected chi connectivity index (χ2v) is 20.0. The molecule has 3 N–H and O–H groups in total. The molecule has 6 heteroatoms. The lowest BCUT2D eigenvalue weighted by Crippen LogP contribution is -2.46. The molecule has 3 atom stereocenters. The Bertz CT molecular complexity index is 1030. The van der Waals surface area contributed by atoms with Gasteiger partial charge in [-0.25, -0.2) is 0 Å². The van der Waals surface area contributed by atoms with Gasteiger partial charge in [-0.3, -0.25) is 9.59 Å². The van der Waals surface area contributed by atoms with Crippen molar-refractivity contribution in [2.24, 2.45) is 0 Å². The van der Waals surface area contributed by atoms with E-state index in [-0.39, 0.29) is 24.9 Å². The molecule has 0 radical (unpaired) electrons. The van der Waals surface area contributed by atoms with Crippen molar-refractivity contribution in [3.05, 3.63) is 24.3 Å². The molecule has 0 saturated heterocycles. The van der Waals surface area contributed by atoms with Gasteiger partial charge in [0.2, 0.25) is 5.91 Å². The van der Waals surface area contributed by atoms with Gasteiger partial charge in [-0.2, -0.15) is 0 Å². The summed E-state index contributed by atoms with van der Waals surface area (Å²) in [5.41, 5.74) is 0. The highest BCUT2D eigenvalue weighted by atomic mass is 16.5. The van der Waals surface area contributed by atoms with Crippen LogP contribution in [0.3, 0.4) is 0 Å². The molecule has 0 aromatic carbocycles. The van der Waals surface area contributed by atoms with Gasteiger partial charge in [0.1, 0.15) is 6.10 Å². The van der Waals surface area contributed by atoms with Crippen LogP contribution < -0.4 is 5.32 Å². The fourth-order valence-corrected chi connectivity index (χ4v) is 9.07. The van der Waals surface area contributed by atoms with Crippen LogP contribution in [0.15, 0.2) is 24.3 Å². The largest absolute Gasteiger partial charge is 0.462 e. The molecule has 6 nitrogen and oxygen atoms in total. The zero-order valence-electron chi connectivity index (χ0n) is 43.9. The average molecular weight is 917 g/mol. The summed E-state index contributed by atoms with van der Waals surface area (Å²) in [6.07, 6.45) is 62.4. The molecule has 3 unspecified atom stereocenters. The van der Waals surface area contributed by atoms with Crippen LogP contribution in [0.1, 0.15) is 316 Å². The third kappa shape index (κ3) is 48.6. The Balaban J connectivity index is 4.50. The number of esters is 1. The molecule has 0 rings (SSSR count). The summed E-state index contributed by atoms with van der Waals surface area (Å²) in [7, 11) is 0. The van der Waals surface area contributed by atoms with Crippen molar-refractivity contribution in [1.82, 2.24) is 5.32 Å². The highest BCUT2D eigenvalue weighted by Crippen LogP contribution is 2.19. The Labute approximate surface area is 405 Å². The Morgan fingerprint density at radius 1 is 0.431 bits per heavy atom. The molecule has 0 aliphatic rings. The summed E-state index contributed by atoms with van der Waals surface area (Å²) in [4.78, 5) is 26.2. The van der Waals surface area contributed by atoms with Crippen molar-refractivity contribution < 1.29 is 24.5 Å². The van der Waals surface area contributed by atoms with Crippen molar-refractivity contribution in [3.63, 3.8) is 0 Å². The normalized spacial score (nSPS) is 13.2. The first-order chi connectivity index (χ1) is 32.0. The van der Waals surface area contributed by atoms with E-state index in [1.807, 2.05) is 0 Å². The van der Waals surface area contributed by atoms with Crippen molar-refractivity contribution in [2.75, 3.05) is 6.61 Å². The Morgan fingerprint density at radius 2 is 0.738 bits per heavy atom. The lowest BCUT2D eigenvalue weighted by atomic mass is 10.0. The van der Waals surface area contributed by atoms with Gasteiger partial charge in [-0.15, -0.1) is 0 Å². The van der Waals surface area contributed by atoms with E-state index < -0.39 is 18.2 Å². The number of hydrogen-bond donors (Lipinski definition) is 3. The molecule has 0 spiro atoms. The Kier molecular flexibility index (Phi) is 51.9. The summed E-state index contributed by atoms with van der Waals surface area (Å²) < 4.78 is 5.95. The zero-order chi connectivity index (χ0) is 47.4. The molecule has 0 aromatic heterocycles. The average Bonchev–Trinajstić information content (AvgIpc) is 3.30. The van der Waals surface area contributed by atoms with Crippen LogP contribution in [0.5, 0.6) is 0 Å². The number of aliphatic hydroxyl groups is 2. The van der Waals surface area contributed by atoms with E-state index in [1.54, 1.807) is 0 Å². The van der Waals surface area contributed by atoms with E-state index >= 15 is 0 Å². The summed E-state index contributed by atoms with van der Waals surface area (Å²) in [6, 6.07) is -0.702. The lowest BCUT2D eigenvalue weighted by molar-refractivity contribution is -0.151. The molecular weight excluding hydrogens is 803 g/mol. The predicted octanol–water partition coefficient (Wildman–Crippen LogP) is 17.9. The fraction of sp³-hybridized carbons (Fsp3) is 0.898. The molecule has 0 fully saturated rings. The number of amides is 1. The van der Waals surface area contributed by atoms with Crippen LogP contribution in [0.25, 0.3) is 0 Å².